The molecular formula is C27H36N4O2. The Morgan fingerprint density at radius 2 is 1.73 bits per heavy atom. The molecule has 2 saturated heterocycles. The lowest BCUT2D eigenvalue weighted by Gasteiger charge is -2.33. The molecule has 0 unspecified atom stereocenters. The van der Waals surface area contributed by atoms with Crippen molar-refractivity contribution in [2.24, 2.45) is 0 Å². The van der Waals surface area contributed by atoms with Crippen LogP contribution < -0.4 is 10.6 Å². The first kappa shape index (κ1) is 23.3. The lowest BCUT2D eigenvalue weighted by Crippen LogP contribution is -2.41. The van der Waals surface area contributed by atoms with Gasteiger partial charge in [0.25, 0.3) is 5.91 Å². The molecule has 0 aliphatic carbocycles. The predicted octanol–water partition coefficient (Wildman–Crippen LogP) is 4.70. The Bertz CT molecular complexity index is 911. The van der Waals surface area contributed by atoms with Crippen molar-refractivity contribution in [2.45, 2.75) is 44.4 Å². The van der Waals surface area contributed by atoms with Crippen molar-refractivity contribution in [3.8, 4) is 0 Å². The Hall–Kier alpha value is -2.86. The normalized spacial score (nSPS) is 19.2. The van der Waals surface area contributed by atoms with E-state index in [1.165, 1.54) is 32.4 Å². The van der Waals surface area contributed by atoms with E-state index in [1.54, 1.807) is 0 Å². The van der Waals surface area contributed by atoms with Gasteiger partial charge in [-0.05, 0) is 81.6 Å². The number of rotatable bonds is 7. The van der Waals surface area contributed by atoms with E-state index in [4.69, 9.17) is 0 Å². The fraction of sp³-hybridized carbons (Fsp3) is 0.481. The van der Waals surface area contributed by atoms with E-state index in [1.807, 2.05) is 53.4 Å². The summed E-state index contributed by atoms with van der Waals surface area (Å²) in [5.74, 6) is 0.233. The zero-order valence-electron chi connectivity index (χ0n) is 19.5. The van der Waals surface area contributed by atoms with Crippen molar-refractivity contribution < 1.29 is 9.59 Å². The van der Waals surface area contributed by atoms with Crippen molar-refractivity contribution >= 4 is 17.6 Å². The van der Waals surface area contributed by atoms with Crippen LogP contribution in [0.1, 0.15) is 60.4 Å². The topological polar surface area (TPSA) is 64.7 Å². The van der Waals surface area contributed by atoms with Crippen molar-refractivity contribution in [3.05, 3.63) is 65.7 Å². The number of urea groups is 1. The van der Waals surface area contributed by atoms with Crippen LogP contribution in [0.15, 0.2) is 54.6 Å². The Morgan fingerprint density at radius 1 is 0.909 bits per heavy atom. The van der Waals surface area contributed by atoms with Crippen LogP contribution in [0.25, 0.3) is 0 Å². The van der Waals surface area contributed by atoms with Gasteiger partial charge in [-0.2, -0.15) is 0 Å². The van der Waals surface area contributed by atoms with Crippen LogP contribution >= 0.6 is 0 Å². The van der Waals surface area contributed by atoms with Crippen LogP contribution in [-0.4, -0.2) is 61.0 Å². The molecule has 0 bridgehead atoms. The van der Waals surface area contributed by atoms with Crippen molar-refractivity contribution in [1.29, 1.82) is 0 Å². The van der Waals surface area contributed by atoms with E-state index in [9.17, 15) is 9.59 Å². The highest BCUT2D eigenvalue weighted by molar-refractivity contribution is 5.94. The Morgan fingerprint density at radius 3 is 2.55 bits per heavy atom. The first-order chi connectivity index (χ1) is 16.2. The standard InChI is InChI=1S/C27H36N4O2/c32-26(28-15-9-18-30-16-5-2-6-17-30)23-11-7-10-22(20-23)24-12-8-19-31(21-24)27(33)29-25-13-3-1-4-14-25/h1,3-4,7,10-11,13-14,20,24H,2,5-6,8-9,12,15-19,21H2,(H,28,32)(H,29,33)/t24-/m0/s1. The third-order valence-electron chi connectivity index (χ3n) is 6.74. The highest BCUT2D eigenvalue weighted by Crippen LogP contribution is 2.28. The summed E-state index contributed by atoms with van der Waals surface area (Å²) in [6.45, 7) is 5.57. The number of nitrogens with zero attached hydrogens (tertiary/aromatic N) is 2. The molecule has 33 heavy (non-hydrogen) atoms. The summed E-state index contributed by atoms with van der Waals surface area (Å²) < 4.78 is 0. The molecule has 0 spiro atoms. The second-order valence-electron chi connectivity index (χ2n) is 9.22. The number of carbonyl (C=O) groups is 2. The van der Waals surface area contributed by atoms with Crippen LogP contribution in [0, 0.1) is 0 Å². The van der Waals surface area contributed by atoms with Gasteiger partial charge in [-0.25, -0.2) is 4.79 Å². The van der Waals surface area contributed by atoms with Gasteiger partial charge < -0.3 is 20.4 Å². The lowest BCUT2D eigenvalue weighted by molar-refractivity contribution is 0.0951. The number of likely N-dealkylation sites (tertiary alicyclic amines) is 2. The number of benzene rings is 2. The number of carbonyl (C=O) groups excluding carboxylic acids is 2. The molecule has 6 nitrogen and oxygen atoms in total. The zero-order valence-corrected chi connectivity index (χ0v) is 19.5. The summed E-state index contributed by atoms with van der Waals surface area (Å²) >= 11 is 0. The maximum atomic E-state index is 12.7. The Labute approximate surface area is 197 Å². The maximum absolute atomic E-state index is 12.7. The number of nitrogens with one attached hydrogen (secondary N) is 2. The highest BCUT2D eigenvalue weighted by Gasteiger charge is 2.25. The zero-order chi connectivity index (χ0) is 22.9. The van der Waals surface area contributed by atoms with Gasteiger partial charge in [-0.1, -0.05) is 36.8 Å². The summed E-state index contributed by atoms with van der Waals surface area (Å²) in [7, 11) is 0. The summed E-state index contributed by atoms with van der Waals surface area (Å²) in [5, 5.41) is 6.07. The van der Waals surface area contributed by atoms with Crippen molar-refractivity contribution in [3.63, 3.8) is 0 Å². The van der Waals surface area contributed by atoms with E-state index < -0.39 is 0 Å². The number of amides is 3. The molecule has 4 rings (SSSR count). The number of anilines is 1. The van der Waals surface area contributed by atoms with Crippen LogP contribution in [-0.2, 0) is 0 Å². The predicted molar refractivity (Wildman–Crippen MR) is 133 cm³/mol. The number of piperidine rings is 2. The monoisotopic (exact) mass is 448 g/mol. The first-order valence-corrected chi connectivity index (χ1v) is 12.4. The van der Waals surface area contributed by atoms with Gasteiger partial charge in [-0.15, -0.1) is 0 Å². The third kappa shape index (κ3) is 6.81. The molecule has 1 atom stereocenters. The minimum atomic E-state index is -0.0616. The van der Waals surface area contributed by atoms with Crippen LogP contribution in [0.2, 0.25) is 0 Å². The SMILES string of the molecule is O=C(NCCCN1CCCCC1)c1cccc([C@H]2CCCN(C(=O)Nc3ccccc3)C2)c1. The number of para-hydroxylation sites is 1. The summed E-state index contributed by atoms with van der Waals surface area (Å²) in [6, 6.07) is 17.4. The molecule has 0 saturated carbocycles. The van der Waals surface area contributed by atoms with Gasteiger partial charge >= 0.3 is 6.03 Å². The molecule has 2 fully saturated rings. The first-order valence-electron chi connectivity index (χ1n) is 12.4. The van der Waals surface area contributed by atoms with Crippen LogP contribution in [0.3, 0.4) is 0 Å². The van der Waals surface area contributed by atoms with Crippen LogP contribution in [0.5, 0.6) is 0 Å². The second kappa shape index (κ2) is 11.8. The second-order valence-corrected chi connectivity index (χ2v) is 9.22. The number of hydrogen-bond acceptors (Lipinski definition) is 3. The molecule has 2 aliphatic rings. The van der Waals surface area contributed by atoms with Gasteiger partial charge in [0.05, 0.1) is 0 Å². The molecule has 0 aromatic heterocycles. The number of hydrogen-bond donors (Lipinski definition) is 2. The largest absolute Gasteiger partial charge is 0.352 e. The maximum Gasteiger partial charge on any atom is 0.321 e. The molecule has 6 heteroatoms. The van der Waals surface area contributed by atoms with E-state index in [-0.39, 0.29) is 17.9 Å². The van der Waals surface area contributed by atoms with E-state index >= 15 is 0 Å². The molecule has 2 heterocycles. The molecule has 0 radical (unpaired) electrons. The minimum absolute atomic E-state index is 0.00928. The Kier molecular flexibility index (Phi) is 8.36. The summed E-state index contributed by atoms with van der Waals surface area (Å²) in [6.07, 6.45) is 6.91. The molecule has 2 aromatic carbocycles. The minimum Gasteiger partial charge on any atom is -0.352 e. The fourth-order valence-electron chi connectivity index (χ4n) is 4.88. The third-order valence-corrected chi connectivity index (χ3v) is 6.74. The molecule has 2 N–H and O–H groups in total. The van der Waals surface area contributed by atoms with Gasteiger partial charge in [0.2, 0.25) is 0 Å². The smallest absolute Gasteiger partial charge is 0.321 e. The average Bonchev–Trinajstić information content (AvgIpc) is 2.88. The highest BCUT2D eigenvalue weighted by atomic mass is 16.2. The molecule has 2 aliphatic heterocycles. The van der Waals surface area contributed by atoms with Crippen molar-refractivity contribution in [2.75, 3.05) is 44.6 Å². The molecular weight excluding hydrogens is 412 g/mol. The van der Waals surface area contributed by atoms with Gasteiger partial charge in [0, 0.05) is 36.8 Å². The molecule has 176 valence electrons. The van der Waals surface area contributed by atoms with Crippen LogP contribution in [0.4, 0.5) is 10.5 Å². The van der Waals surface area contributed by atoms with E-state index in [0.29, 0.717) is 18.7 Å². The van der Waals surface area contributed by atoms with Gasteiger partial charge in [-0.3, -0.25) is 4.79 Å². The van der Waals surface area contributed by atoms with E-state index in [2.05, 4.69) is 21.6 Å². The average molecular weight is 449 g/mol. The summed E-state index contributed by atoms with van der Waals surface area (Å²) in [4.78, 5) is 29.8. The van der Waals surface area contributed by atoms with Gasteiger partial charge in [0.1, 0.15) is 0 Å². The lowest BCUT2D eigenvalue weighted by atomic mass is 9.89. The molecule has 2 aromatic rings. The van der Waals surface area contributed by atoms with E-state index in [0.717, 1.165) is 43.6 Å². The fourth-order valence-corrected chi connectivity index (χ4v) is 4.88. The quantitative estimate of drug-likeness (QED) is 0.603. The van der Waals surface area contributed by atoms with Gasteiger partial charge in [0.15, 0.2) is 0 Å². The molecule has 3 amide bonds. The summed E-state index contributed by atoms with van der Waals surface area (Å²) in [5.41, 5.74) is 2.65. The Balaban J connectivity index is 1.28. The van der Waals surface area contributed by atoms with Crippen molar-refractivity contribution in [1.82, 2.24) is 15.1 Å².